The summed E-state index contributed by atoms with van der Waals surface area (Å²) in [5, 5.41) is 0. The van der Waals surface area contributed by atoms with Crippen LogP contribution in [0.1, 0.15) is 12.0 Å². The molecule has 0 aromatic heterocycles. The van der Waals surface area contributed by atoms with Gasteiger partial charge in [0.05, 0.1) is 12.3 Å². The minimum atomic E-state index is -0.0437. The number of nitrogens with two attached hydrogens (primary N) is 1. The smallest absolute Gasteiger partial charge is 0.265 e. The van der Waals surface area contributed by atoms with Gasteiger partial charge in [-0.05, 0) is 43.2 Å². The van der Waals surface area contributed by atoms with E-state index in [9.17, 15) is 4.79 Å². The van der Waals surface area contributed by atoms with E-state index in [0.29, 0.717) is 24.6 Å². The van der Waals surface area contributed by atoms with E-state index >= 15 is 0 Å². The summed E-state index contributed by atoms with van der Waals surface area (Å²) in [7, 11) is 0. The molecule has 2 aromatic carbocycles. The van der Waals surface area contributed by atoms with Gasteiger partial charge in [-0.3, -0.25) is 4.79 Å². The van der Waals surface area contributed by atoms with Crippen LogP contribution in [-0.4, -0.2) is 25.7 Å². The zero-order valence-electron chi connectivity index (χ0n) is 13.1. The van der Waals surface area contributed by atoms with Crippen molar-refractivity contribution in [2.24, 2.45) is 0 Å². The Labute approximate surface area is 135 Å². The Balaban J connectivity index is 1.59. The molecular weight excluding hydrogens is 292 g/mol. The van der Waals surface area contributed by atoms with Gasteiger partial charge in [0, 0.05) is 18.3 Å². The number of hydrogen-bond donors (Lipinski definition) is 1. The van der Waals surface area contributed by atoms with Gasteiger partial charge in [0.1, 0.15) is 11.5 Å². The number of ether oxygens (including phenoxy) is 2. The summed E-state index contributed by atoms with van der Waals surface area (Å²) in [6.07, 6.45) is 0.740. The molecule has 0 unspecified atom stereocenters. The number of fused-ring (bicyclic) bond motifs is 1. The first-order chi connectivity index (χ1) is 11.1. The van der Waals surface area contributed by atoms with Crippen LogP contribution in [0.2, 0.25) is 0 Å². The van der Waals surface area contributed by atoms with Gasteiger partial charge in [0.15, 0.2) is 6.61 Å². The van der Waals surface area contributed by atoms with Crippen LogP contribution in [0.5, 0.6) is 11.5 Å². The van der Waals surface area contributed by atoms with E-state index in [0.717, 1.165) is 23.4 Å². The lowest BCUT2D eigenvalue weighted by atomic mass is 10.2. The molecule has 120 valence electrons. The summed E-state index contributed by atoms with van der Waals surface area (Å²) in [6, 6.07) is 13.3. The number of benzene rings is 2. The topological polar surface area (TPSA) is 64.8 Å². The molecule has 0 aliphatic carbocycles. The highest BCUT2D eigenvalue weighted by molar-refractivity contribution is 5.98. The summed E-state index contributed by atoms with van der Waals surface area (Å²) >= 11 is 0. The third-order valence-electron chi connectivity index (χ3n) is 3.71. The number of nitrogens with zero attached hydrogens (tertiary/aromatic N) is 1. The molecule has 5 heteroatoms. The van der Waals surface area contributed by atoms with Crippen LogP contribution in [0.4, 0.5) is 11.4 Å². The molecule has 0 fully saturated rings. The van der Waals surface area contributed by atoms with Gasteiger partial charge in [-0.1, -0.05) is 12.1 Å². The number of amides is 1. The van der Waals surface area contributed by atoms with Gasteiger partial charge in [-0.15, -0.1) is 0 Å². The van der Waals surface area contributed by atoms with Crippen molar-refractivity contribution in [3.05, 3.63) is 48.0 Å². The molecule has 23 heavy (non-hydrogen) atoms. The lowest BCUT2D eigenvalue weighted by Gasteiger charge is -2.29. The van der Waals surface area contributed by atoms with Crippen molar-refractivity contribution < 1.29 is 14.3 Å². The first-order valence-electron chi connectivity index (χ1n) is 7.65. The zero-order chi connectivity index (χ0) is 16.2. The van der Waals surface area contributed by atoms with Crippen molar-refractivity contribution in [2.45, 2.75) is 13.3 Å². The van der Waals surface area contributed by atoms with Gasteiger partial charge in [-0.25, -0.2) is 0 Å². The summed E-state index contributed by atoms with van der Waals surface area (Å²) in [4.78, 5) is 13.8. The molecule has 1 aliphatic rings. The van der Waals surface area contributed by atoms with Crippen LogP contribution in [-0.2, 0) is 4.79 Å². The summed E-state index contributed by atoms with van der Waals surface area (Å²) in [6.45, 7) is 3.22. The molecule has 0 atom stereocenters. The van der Waals surface area contributed by atoms with E-state index in [1.165, 1.54) is 0 Å². The molecule has 1 amide bonds. The second-order valence-electron chi connectivity index (χ2n) is 5.58. The highest BCUT2D eigenvalue weighted by atomic mass is 16.5. The maximum atomic E-state index is 12.1. The highest BCUT2D eigenvalue weighted by Crippen LogP contribution is 2.33. The molecule has 5 nitrogen and oxygen atoms in total. The van der Waals surface area contributed by atoms with E-state index in [1.807, 2.05) is 37.3 Å². The quantitative estimate of drug-likeness (QED) is 0.681. The van der Waals surface area contributed by atoms with Crippen LogP contribution >= 0.6 is 0 Å². The largest absolute Gasteiger partial charge is 0.494 e. The molecule has 2 N–H and O–H groups in total. The normalized spacial score (nSPS) is 13.4. The monoisotopic (exact) mass is 312 g/mol. The Bertz CT molecular complexity index is 715. The predicted octanol–water partition coefficient (Wildman–Crippen LogP) is 2.77. The lowest BCUT2D eigenvalue weighted by Crippen LogP contribution is -2.39. The Hall–Kier alpha value is -2.69. The number of nitrogen functional groups attached to an aromatic ring is 1. The summed E-state index contributed by atoms with van der Waals surface area (Å²) in [5.41, 5.74) is 8.32. The molecule has 1 heterocycles. The molecule has 0 saturated heterocycles. The van der Waals surface area contributed by atoms with Gasteiger partial charge in [0.2, 0.25) is 0 Å². The van der Waals surface area contributed by atoms with E-state index in [1.54, 1.807) is 17.0 Å². The fourth-order valence-electron chi connectivity index (χ4n) is 2.58. The lowest BCUT2D eigenvalue weighted by molar-refractivity contribution is -0.121. The van der Waals surface area contributed by atoms with E-state index in [2.05, 4.69) is 0 Å². The fourth-order valence-corrected chi connectivity index (χ4v) is 2.58. The maximum absolute atomic E-state index is 12.1. The molecule has 0 spiro atoms. The maximum Gasteiger partial charge on any atom is 0.265 e. The zero-order valence-corrected chi connectivity index (χ0v) is 13.1. The average Bonchev–Trinajstić information content (AvgIpc) is 2.53. The first kappa shape index (κ1) is 15.2. The minimum absolute atomic E-state index is 0.0437. The Morgan fingerprint density at radius 3 is 2.96 bits per heavy atom. The number of carbonyl (C=O) groups is 1. The van der Waals surface area contributed by atoms with Crippen molar-refractivity contribution in [3.8, 4) is 11.5 Å². The van der Waals surface area contributed by atoms with Crippen LogP contribution in [0.3, 0.4) is 0 Å². The Morgan fingerprint density at radius 1 is 1.26 bits per heavy atom. The number of rotatable bonds is 5. The van der Waals surface area contributed by atoms with Gasteiger partial charge < -0.3 is 20.1 Å². The second-order valence-corrected chi connectivity index (χ2v) is 5.58. The standard InChI is InChI=1S/C18H20N2O3/c1-13-4-2-5-15(10-13)22-9-3-8-20-16-7-6-14(19)11-17(16)23-12-18(20)21/h2,4-7,10-11H,3,8-9,12,19H2,1H3. The molecule has 2 aromatic rings. The number of carbonyl (C=O) groups excluding carboxylic acids is 1. The van der Waals surface area contributed by atoms with Crippen LogP contribution in [0.15, 0.2) is 42.5 Å². The number of anilines is 2. The van der Waals surface area contributed by atoms with Crippen molar-refractivity contribution in [2.75, 3.05) is 30.4 Å². The molecule has 0 radical (unpaired) electrons. The van der Waals surface area contributed by atoms with Crippen LogP contribution in [0, 0.1) is 6.92 Å². The Morgan fingerprint density at radius 2 is 2.13 bits per heavy atom. The summed E-state index contributed by atoms with van der Waals surface area (Å²) < 4.78 is 11.2. The van der Waals surface area contributed by atoms with Crippen LogP contribution < -0.4 is 20.1 Å². The first-order valence-corrected chi connectivity index (χ1v) is 7.65. The van der Waals surface area contributed by atoms with Crippen LogP contribution in [0.25, 0.3) is 0 Å². The van der Waals surface area contributed by atoms with Crippen molar-refractivity contribution in [1.29, 1.82) is 0 Å². The molecule has 0 bridgehead atoms. The third-order valence-corrected chi connectivity index (χ3v) is 3.71. The SMILES string of the molecule is Cc1cccc(OCCCN2C(=O)COc3cc(N)ccc32)c1. The minimum Gasteiger partial charge on any atom is -0.494 e. The van der Waals surface area contributed by atoms with Gasteiger partial charge in [-0.2, -0.15) is 0 Å². The predicted molar refractivity (Wildman–Crippen MR) is 90.0 cm³/mol. The second kappa shape index (κ2) is 6.60. The molecular formula is C18H20N2O3. The fraction of sp³-hybridized carbons (Fsp3) is 0.278. The number of hydrogen-bond acceptors (Lipinski definition) is 4. The Kier molecular flexibility index (Phi) is 4.37. The number of aryl methyl sites for hydroxylation is 1. The molecule has 1 aliphatic heterocycles. The highest BCUT2D eigenvalue weighted by Gasteiger charge is 2.25. The average molecular weight is 312 g/mol. The summed E-state index contributed by atoms with van der Waals surface area (Å²) in [5.74, 6) is 1.47. The van der Waals surface area contributed by atoms with Crippen molar-refractivity contribution in [3.63, 3.8) is 0 Å². The van der Waals surface area contributed by atoms with E-state index < -0.39 is 0 Å². The third kappa shape index (κ3) is 3.56. The van der Waals surface area contributed by atoms with E-state index in [-0.39, 0.29) is 12.5 Å². The van der Waals surface area contributed by atoms with Gasteiger partial charge >= 0.3 is 0 Å². The van der Waals surface area contributed by atoms with Crippen molar-refractivity contribution in [1.82, 2.24) is 0 Å². The molecule has 0 saturated carbocycles. The van der Waals surface area contributed by atoms with Gasteiger partial charge in [0.25, 0.3) is 5.91 Å². The molecule has 3 rings (SSSR count). The van der Waals surface area contributed by atoms with Crippen molar-refractivity contribution >= 4 is 17.3 Å². The van der Waals surface area contributed by atoms with E-state index in [4.69, 9.17) is 15.2 Å².